The maximum Gasteiger partial charge on any atom is 0.246 e. The van der Waals surface area contributed by atoms with Gasteiger partial charge in [0, 0.05) is 31.0 Å². The molecule has 7 aliphatic rings. The van der Waals surface area contributed by atoms with Gasteiger partial charge in [-0.15, -0.1) is 0 Å². The molecule has 38 nitrogen and oxygen atoms in total. The molecule has 7 fully saturated rings. The number of carbonyl (C=O) groups excluding carboxylic acids is 6. The maximum absolute atomic E-state index is 15.2. The average Bonchev–Trinajstić information content (AvgIpc) is 1.52. The molecule has 10 rings (SSSR count). The number of benzene rings is 3. The first-order valence-corrected chi connectivity index (χ1v) is 32.1. The van der Waals surface area contributed by atoms with Crippen LogP contribution in [0.1, 0.15) is 35.8 Å². The fraction of sp³-hybridized carbons (Fsp3) is 0.581. The summed E-state index contributed by atoms with van der Waals surface area (Å²) in [5.41, 5.74) is 1.22. The van der Waals surface area contributed by atoms with E-state index in [1.807, 2.05) is 0 Å². The van der Waals surface area contributed by atoms with Crippen LogP contribution in [-0.4, -0.2) is 313 Å². The zero-order chi connectivity index (χ0) is 72.0. The smallest absolute Gasteiger partial charge is 0.246 e. The number of aliphatic hydroxyl groups excluding tert-OH is 12. The lowest BCUT2D eigenvalue weighted by molar-refractivity contribution is -0.343. The summed E-state index contributed by atoms with van der Waals surface area (Å²) in [6.45, 7) is -3.69. The fourth-order valence-electron chi connectivity index (χ4n) is 12.8. The lowest BCUT2D eigenvalue weighted by Gasteiger charge is -2.46. The molecule has 0 bridgehead atoms. The molecule has 0 saturated carbocycles. The highest BCUT2D eigenvalue weighted by molar-refractivity contribution is 5.98. The minimum absolute atomic E-state index is 0.0464. The molecule has 26 unspecified atom stereocenters. The SMILES string of the molecule is COc1cccc(C2OC3C(OC4C(CO)OC(Oc5ccc(CC6NC(=O)C(C(C)c7ccccc7)NC(=O)CNC(=O)C(CO)NC(=O)C(C(O)C7CNC(=N)N7C7OC(CO)C(O)C(O)C7O)NC(=O)C(C(O)C7CNC(=N)N7)NC6=O)cc5)C(O)C4O)OC(CO)C(O)C3O2)c1. The minimum Gasteiger partial charge on any atom is -0.497 e. The molecule has 0 aromatic heterocycles. The molecule has 26 atom stereocenters. The highest BCUT2D eigenvalue weighted by atomic mass is 16.8. The van der Waals surface area contributed by atoms with Crippen molar-refractivity contribution in [2.24, 2.45) is 0 Å². The quantitative estimate of drug-likeness (QED) is 0.0530. The third-order valence-corrected chi connectivity index (χ3v) is 18.5. The van der Waals surface area contributed by atoms with Crippen molar-refractivity contribution in [1.82, 2.24) is 52.8 Å². The second kappa shape index (κ2) is 32.7. The van der Waals surface area contributed by atoms with Crippen molar-refractivity contribution >= 4 is 47.4 Å². The number of ether oxygens (including phenoxy) is 8. The number of carbonyl (C=O) groups is 6. The summed E-state index contributed by atoms with van der Waals surface area (Å²) < 4.78 is 47.3. The van der Waals surface area contributed by atoms with E-state index in [9.17, 15) is 80.5 Å². The van der Waals surface area contributed by atoms with E-state index in [2.05, 4.69) is 47.9 Å². The number of aliphatic hydroxyl groups is 12. The Morgan fingerprint density at radius 1 is 0.560 bits per heavy atom. The molecule has 100 heavy (non-hydrogen) atoms. The van der Waals surface area contributed by atoms with Crippen molar-refractivity contribution in [3.63, 3.8) is 0 Å². The lowest BCUT2D eigenvalue weighted by Crippen LogP contribution is -2.69. The second-order valence-electron chi connectivity index (χ2n) is 25.0. The summed E-state index contributed by atoms with van der Waals surface area (Å²) in [5.74, 6) is -8.75. The Balaban J connectivity index is 0.923. The Hall–Kier alpha value is -8.10. The Morgan fingerprint density at radius 2 is 1.20 bits per heavy atom. The summed E-state index contributed by atoms with van der Waals surface area (Å²) in [6, 6.07) is 7.63. The number of hydrogen-bond acceptors (Lipinski definition) is 28. The van der Waals surface area contributed by atoms with Crippen molar-refractivity contribution < 1.29 is 128 Å². The number of rotatable bonds is 19. The van der Waals surface area contributed by atoms with Crippen LogP contribution in [-0.2, 0) is 63.6 Å². The van der Waals surface area contributed by atoms with Crippen LogP contribution in [0.15, 0.2) is 78.9 Å². The summed E-state index contributed by atoms with van der Waals surface area (Å²) in [5, 5.41) is 172. The Kier molecular flexibility index (Phi) is 24.4. The number of methoxy groups -OCH3 is 1. The molecule has 3 aromatic rings. The summed E-state index contributed by atoms with van der Waals surface area (Å²) in [7, 11) is 1.47. The molecule has 38 heteroatoms. The highest BCUT2D eigenvalue weighted by Gasteiger charge is 2.57. The van der Waals surface area contributed by atoms with E-state index in [1.165, 1.54) is 31.4 Å². The number of nitrogens with zero attached hydrogens (tertiary/aromatic N) is 1. The first kappa shape index (κ1) is 74.6. The predicted molar refractivity (Wildman–Crippen MR) is 335 cm³/mol. The summed E-state index contributed by atoms with van der Waals surface area (Å²) in [6.07, 6.45) is -30.4. The van der Waals surface area contributed by atoms with Gasteiger partial charge in [-0.3, -0.25) is 39.6 Å². The van der Waals surface area contributed by atoms with E-state index in [4.69, 9.17) is 48.7 Å². The zero-order valence-corrected chi connectivity index (χ0v) is 53.7. The van der Waals surface area contributed by atoms with Gasteiger partial charge in [0.2, 0.25) is 41.7 Å². The Bertz CT molecular complexity index is 3370. The minimum atomic E-state index is -2.36. The third-order valence-electron chi connectivity index (χ3n) is 18.5. The lowest BCUT2D eigenvalue weighted by atomic mass is 9.92. The average molecular weight is 1410 g/mol. The van der Waals surface area contributed by atoms with Gasteiger partial charge in [0.1, 0.15) is 127 Å². The van der Waals surface area contributed by atoms with Crippen LogP contribution in [0.5, 0.6) is 11.5 Å². The molecule has 0 radical (unpaired) electrons. The van der Waals surface area contributed by atoms with Gasteiger partial charge in [-0.2, -0.15) is 0 Å². The van der Waals surface area contributed by atoms with Crippen LogP contribution in [0.4, 0.5) is 0 Å². The van der Waals surface area contributed by atoms with Gasteiger partial charge in [-0.25, -0.2) is 0 Å². The molecule has 23 N–H and O–H groups in total. The molecule has 548 valence electrons. The van der Waals surface area contributed by atoms with Crippen LogP contribution in [0.2, 0.25) is 0 Å². The number of fused-ring (bicyclic) bond motifs is 1. The van der Waals surface area contributed by atoms with Gasteiger partial charge in [0.15, 0.2) is 30.7 Å². The Morgan fingerprint density at radius 3 is 1.87 bits per heavy atom. The molecule has 7 saturated heterocycles. The predicted octanol–water partition coefficient (Wildman–Crippen LogP) is -10.4. The van der Waals surface area contributed by atoms with Crippen LogP contribution < -0.4 is 57.3 Å². The van der Waals surface area contributed by atoms with Gasteiger partial charge >= 0.3 is 0 Å². The molecular weight excluding hydrogens is 1330 g/mol. The van der Waals surface area contributed by atoms with E-state index < -0.39 is 246 Å². The molecule has 7 heterocycles. The Labute approximate surface area is 569 Å². The monoisotopic (exact) mass is 1410 g/mol. The standard InChI is InChI=1S/C62H84N12O26/c1-24(26-7-4-3-5-8-26)38-54(90)68-30(15-25-11-13-28(14-12-25)94-59-48(87)46(85)49(36(23-78)97-59)98-60-51-50(44(83)35(22-77)96-60)99-58(100-51)27-9-6-10-29(16-27)93-2)53(89)72-39(41(80)31-17-66-61(63)70-31)56(92)73-40(55(91)69-32(20-75)52(88)65-19-37(79)71-38)42(81)33-18-67-62(64)74(33)57-47(86)45(84)43(82)34(21-76)95-57/h3-14,16,24,30-36,38-51,57-60,75-78,80-87H,15,17-23H2,1-2H3,(H2,64,67)(H,65,88)(H,68,90)(H,69,91)(H,71,79)(H,72,89)(H,73,92)(H3,63,66,70). The third kappa shape index (κ3) is 16.3. The van der Waals surface area contributed by atoms with Gasteiger partial charge < -0.3 is 152 Å². The van der Waals surface area contributed by atoms with Crippen LogP contribution in [0, 0.1) is 10.8 Å². The zero-order valence-electron chi connectivity index (χ0n) is 53.7. The van der Waals surface area contributed by atoms with Gasteiger partial charge in [-0.1, -0.05) is 61.5 Å². The fourth-order valence-corrected chi connectivity index (χ4v) is 12.8. The summed E-state index contributed by atoms with van der Waals surface area (Å²) >= 11 is 0. The molecule has 6 amide bonds. The first-order chi connectivity index (χ1) is 47.9. The normalized spacial score (nSPS) is 36.5. The van der Waals surface area contributed by atoms with Crippen molar-refractivity contribution in [2.75, 3.05) is 53.2 Å². The van der Waals surface area contributed by atoms with Crippen LogP contribution in [0.3, 0.4) is 0 Å². The van der Waals surface area contributed by atoms with Crippen molar-refractivity contribution in [3.8, 4) is 11.5 Å². The maximum atomic E-state index is 15.2. The van der Waals surface area contributed by atoms with Gasteiger partial charge in [-0.05, 0) is 35.4 Å². The van der Waals surface area contributed by atoms with Crippen molar-refractivity contribution in [2.45, 2.75) is 172 Å². The van der Waals surface area contributed by atoms with E-state index in [0.717, 1.165) is 4.90 Å². The number of guanidine groups is 2. The second-order valence-corrected chi connectivity index (χ2v) is 25.0. The molecule has 0 spiro atoms. The topological polar surface area (TPSA) is 578 Å². The van der Waals surface area contributed by atoms with E-state index in [1.54, 1.807) is 61.5 Å². The number of hydrogen-bond donors (Lipinski definition) is 23. The van der Waals surface area contributed by atoms with Gasteiger partial charge in [0.05, 0.1) is 52.2 Å². The van der Waals surface area contributed by atoms with Gasteiger partial charge in [0.25, 0.3) is 0 Å². The molecular formula is C62H84N12O26. The molecule has 0 aliphatic carbocycles. The largest absolute Gasteiger partial charge is 0.497 e. The van der Waals surface area contributed by atoms with Crippen molar-refractivity contribution in [3.05, 3.63) is 95.6 Å². The van der Waals surface area contributed by atoms with Crippen LogP contribution in [0.25, 0.3) is 0 Å². The molecule has 7 aliphatic heterocycles. The van der Waals surface area contributed by atoms with E-state index >= 15 is 9.59 Å². The van der Waals surface area contributed by atoms with E-state index in [0.29, 0.717) is 16.9 Å². The van der Waals surface area contributed by atoms with Crippen LogP contribution >= 0.6 is 0 Å². The number of nitrogens with one attached hydrogen (secondary N) is 11. The first-order valence-electron chi connectivity index (χ1n) is 32.1. The van der Waals surface area contributed by atoms with E-state index in [-0.39, 0.29) is 23.8 Å². The highest BCUT2D eigenvalue weighted by Crippen LogP contribution is 2.42. The molecule has 3 aromatic carbocycles. The number of amides is 6. The van der Waals surface area contributed by atoms with Crippen molar-refractivity contribution in [1.29, 1.82) is 10.8 Å². The summed E-state index contributed by atoms with van der Waals surface area (Å²) in [4.78, 5) is 88.4.